The summed E-state index contributed by atoms with van der Waals surface area (Å²) >= 11 is 0. The van der Waals surface area contributed by atoms with Crippen molar-refractivity contribution in [2.24, 2.45) is 11.8 Å². The van der Waals surface area contributed by atoms with Crippen LogP contribution < -0.4 is 5.32 Å². The molecular weight excluding hydrogens is 422 g/mol. The number of likely N-dealkylation sites (tertiary alicyclic amines) is 1. The van der Waals surface area contributed by atoms with E-state index in [-0.39, 0.29) is 29.7 Å². The third-order valence-electron chi connectivity index (χ3n) is 7.76. The molecule has 1 N–H and O–H groups in total. The molecule has 0 radical (unpaired) electrons. The standard InChI is InChI=1S/C29H39N3O2/c1-4-21(3)28(33)31-27(22-11-6-5-7-12-22)29(34)32-17-9-14-26(32)24-15-16-30-25(19-24)23-13-8-10-20(2)18-23/h8,10,13,15-16,18-19,21-22,26-27H,4-7,9,11-12,14,17H2,1-3H3,(H,31,33). The highest BCUT2D eigenvalue weighted by molar-refractivity contribution is 5.89. The Morgan fingerprint density at radius 2 is 1.88 bits per heavy atom. The number of aromatic nitrogens is 1. The summed E-state index contributed by atoms with van der Waals surface area (Å²) in [5, 5.41) is 3.19. The zero-order valence-corrected chi connectivity index (χ0v) is 20.9. The Morgan fingerprint density at radius 1 is 1.09 bits per heavy atom. The summed E-state index contributed by atoms with van der Waals surface area (Å²) in [5.74, 6) is 0.258. The quantitative estimate of drug-likeness (QED) is 0.564. The van der Waals surface area contributed by atoms with E-state index < -0.39 is 6.04 Å². The minimum absolute atomic E-state index is 0.00724. The Morgan fingerprint density at radius 3 is 2.62 bits per heavy atom. The summed E-state index contributed by atoms with van der Waals surface area (Å²) in [6, 6.07) is 12.2. The maximum atomic E-state index is 14.0. The summed E-state index contributed by atoms with van der Waals surface area (Å²) in [7, 11) is 0. The van der Waals surface area contributed by atoms with Crippen molar-refractivity contribution in [3.63, 3.8) is 0 Å². The molecule has 0 bridgehead atoms. The fourth-order valence-corrected chi connectivity index (χ4v) is 5.50. The minimum Gasteiger partial charge on any atom is -0.344 e. The van der Waals surface area contributed by atoms with E-state index in [0.717, 1.165) is 68.3 Å². The largest absolute Gasteiger partial charge is 0.344 e. The van der Waals surface area contributed by atoms with E-state index >= 15 is 0 Å². The fraction of sp³-hybridized carbons (Fsp3) is 0.552. The second kappa shape index (κ2) is 11.2. The van der Waals surface area contributed by atoms with Gasteiger partial charge in [0.15, 0.2) is 0 Å². The van der Waals surface area contributed by atoms with Crippen LogP contribution in [0.25, 0.3) is 11.3 Å². The fourth-order valence-electron chi connectivity index (χ4n) is 5.50. The summed E-state index contributed by atoms with van der Waals surface area (Å²) in [6.45, 7) is 6.80. The molecule has 5 heteroatoms. The molecule has 0 spiro atoms. The van der Waals surface area contributed by atoms with E-state index in [0.29, 0.717) is 0 Å². The lowest BCUT2D eigenvalue weighted by molar-refractivity contribution is -0.140. The molecule has 3 unspecified atom stereocenters. The van der Waals surface area contributed by atoms with Crippen LogP contribution in [0.5, 0.6) is 0 Å². The lowest BCUT2D eigenvalue weighted by atomic mass is 9.83. The Labute approximate surface area is 204 Å². The van der Waals surface area contributed by atoms with Crippen LogP contribution >= 0.6 is 0 Å². The first-order valence-electron chi connectivity index (χ1n) is 13.1. The number of carbonyl (C=O) groups excluding carboxylic acids is 2. The number of carbonyl (C=O) groups is 2. The average Bonchev–Trinajstić information content (AvgIpc) is 3.37. The lowest BCUT2D eigenvalue weighted by Gasteiger charge is -2.35. The van der Waals surface area contributed by atoms with Crippen molar-refractivity contribution >= 4 is 11.8 Å². The van der Waals surface area contributed by atoms with Crippen LogP contribution in [-0.4, -0.2) is 34.3 Å². The van der Waals surface area contributed by atoms with Gasteiger partial charge in [-0.1, -0.05) is 56.9 Å². The molecule has 1 saturated carbocycles. The minimum atomic E-state index is -0.416. The maximum Gasteiger partial charge on any atom is 0.245 e. The molecule has 2 aromatic rings. The molecule has 3 atom stereocenters. The maximum absolute atomic E-state index is 14.0. The first-order valence-corrected chi connectivity index (χ1v) is 13.1. The van der Waals surface area contributed by atoms with Crippen LogP contribution in [0.1, 0.15) is 82.4 Å². The predicted molar refractivity (Wildman–Crippen MR) is 136 cm³/mol. The van der Waals surface area contributed by atoms with Gasteiger partial charge in [-0.2, -0.15) is 0 Å². The molecule has 182 valence electrons. The van der Waals surface area contributed by atoms with Crippen molar-refractivity contribution < 1.29 is 9.59 Å². The second-order valence-corrected chi connectivity index (χ2v) is 10.2. The number of nitrogens with one attached hydrogen (secondary N) is 1. The number of nitrogens with zero attached hydrogens (tertiary/aromatic N) is 2. The van der Waals surface area contributed by atoms with Crippen LogP contribution in [0, 0.1) is 18.8 Å². The van der Waals surface area contributed by atoms with Gasteiger partial charge in [-0.3, -0.25) is 14.6 Å². The molecule has 2 aliphatic rings. The van der Waals surface area contributed by atoms with Gasteiger partial charge >= 0.3 is 0 Å². The number of hydrogen-bond acceptors (Lipinski definition) is 3. The molecular formula is C29H39N3O2. The van der Waals surface area contributed by atoms with Gasteiger partial charge in [0.05, 0.1) is 11.7 Å². The first-order chi connectivity index (χ1) is 16.5. The summed E-state index contributed by atoms with van der Waals surface area (Å²) in [6.07, 6.45) is 10.1. The van der Waals surface area contributed by atoms with Crippen molar-refractivity contribution in [3.05, 3.63) is 53.7 Å². The molecule has 1 aliphatic heterocycles. The molecule has 2 fully saturated rings. The third kappa shape index (κ3) is 5.51. The molecule has 1 aliphatic carbocycles. The molecule has 1 aromatic heterocycles. The van der Waals surface area contributed by atoms with Crippen molar-refractivity contribution in [1.29, 1.82) is 0 Å². The lowest BCUT2D eigenvalue weighted by Crippen LogP contribution is -2.53. The van der Waals surface area contributed by atoms with Crippen molar-refractivity contribution in [2.45, 2.75) is 84.2 Å². The van der Waals surface area contributed by atoms with Gasteiger partial charge in [-0.15, -0.1) is 0 Å². The molecule has 34 heavy (non-hydrogen) atoms. The average molecular weight is 462 g/mol. The smallest absolute Gasteiger partial charge is 0.245 e. The van der Waals surface area contributed by atoms with E-state index in [1.54, 1.807) is 0 Å². The third-order valence-corrected chi connectivity index (χ3v) is 7.76. The number of rotatable bonds is 7. The number of pyridine rings is 1. The highest BCUT2D eigenvalue weighted by atomic mass is 16.2. The number of amides is 2. The van der Waals surface area contributed by atoms with Crippen molar-refractivity contribution in [1.82, 2.24) is 15.2 Å². The summed E-state index contributed by atoms with van der Waals surface area (Å²) in [4.78, 5) is 33.4. The Balaban J connectivity index is 1.58. The molecule has 4 rings (SSSR count). The second-order valence-electron chi connectivity index (χ2n) is 10.2. The Kier molecular flexibility index (Phi) is 8.02. The Hall–Kier alpha value is -2.69. The number of benzene rings is 1. The number of aryl methyl sites for hydroxylation is 1. The summed E-state index contributed by atoms with van der Waals surface area (Å²) < 4.78 is 0. The Bertz CT molecular complexity index is 998. The van der Waals surface area contributed by atoms with Gasteiger partial charge in [0, 0.05) is 24.2 Å². The van der Waals surface area contributed by atoms with E-state index in [1.165, 1.54) is 12.0 Å². The monoisotopic (exact) mass is 461 g/mol. The van der Waals surface area contributed by atoms with Crippen LogP contribution in [0.3, 0.4) is 0 Å². The van der Waals surface area contributed by atoms with Gasteiger partial charge in [0.25, 0.3) is 0 Å². The predicted octanol–water partition coefficient (Wildman–Crippen LogP) is 5.83. The highest BCUT2D eigenvalue weighted by Crippen LogP contribution is 2.36. The SMILES string of the molecule is CCC(C)C(=O)NC(C(=O)N1CCCC1c1ccnc(-c2cccc(C)c2)c1)C1CCCCC1. The van der Waals surface area contributed by atoms with Crippen LogP contribution in [-0.2, 0) is 9.59 Å². The molecule has 5 nitrogen and oxygen atoms in total. The van der Waals surface area contributed by atoms with E-state index in [1.807, 2.05) is 31.0 Å². The number of hydrogen-bond donors (Lipinski definition) is 1. The zero-order valence-electron chi connectivity index (χ0n) is 20.9. The molecule has 1 aromatic carbocycles. The van der Waals surface area contributed by atoms with E-state index in [2.05, 4.69) is 47.6 Å². The normalized spacial score (nSPS) is 20.7. The van der Waals surface area contributed by atoms with E-state index in [9.17, 15) is 9.59 Å². The molecule has 2 heterocycles. The van der Waals surface area contributed by atoms with Gasteiger partial charge in [0.1, 0.15) is 6.04 Å². The van der Waals surface area contributed by atoms with Crippen LogP contribution in [0.2, 0.25) is 0 Å². The molecule has 2 amide bonds. The van der Waals surface area contributed by atoms with Gasteiger partial charge in [-0.05, 0) is 68.7 Å². The van der Waals surface area contributed by atoms with Crippen LogP contribution in [0.4, 0.5) is 0 Å². The van der Waals surface area contributed by atoms with E-state index in [4.69, 9.17) is 0 Å². The molecule has 1 saturated heterocycles. The topological polar surface area (TPSA) is 62.3 Å². The van der Waals surface area contributed by atoms with Crippen LogP contribution in [0.15, 0.2) is 42.6 Å². The van der Waals surface area contributed by atoms with Crippen molar-refractivity contribution in [3.8, 4) is 11.3 Å². The summed E-state index contributed by atoms with van der Waals surface area (Å²) in [5.41, 5.74) is 4.37. The van der Waals surface area contributed by atoms with Gasteiger partial charge in [0.2, 0.25) is 11.8 Å². The van der Waals surface area contributed by atoms with Crippen molar-refractivity contribution in [2.75, 3.05) is 6.54 Å². The van der Waals surface area contributed by atoms with Gasteiger partial charge in [-0.25, -0.2) is 0 Å². The zero-order chi connectivity index (χ0) is 24.1. The van der Waals surface area contributed by atoms with Gasteiger partial charge < -0.3 is 10.2 Å². The highest BCUT2D eigenvalue weighted by Gasteiger charge is 2.39. The first kappa shape index (κ1) is 24.4.